The van der Waals surface area contributed by atoms with Crippen LogP contribution in [0.1, 0.15) is 18.9 Å². The minimum atomic E-state index is -0.281. The summed E-state index contributed by atoms with van der Waals surface area (Å²) in [6, 6.07) is 10.3. The number of H-pyrrole nitrogens is 1. The number of benzene rings is 1. The van der Waals surface area contributed by atoms with E-state index in [9.17, 15) is 0 Å². The van der Waals surface area contributed by atoms with Crippen molar-refractivity contribution in [3.63, 3.8) is 0 Å². The fourth-order valence-electron chi connectivity index (χ4n) is 2.37. The molecule has 3 nitrogen and oxygen atoms in total. The van der Waals surface area contributed by atoms with E-state index in [0.717, 1.165) is 16.3 Å². The number of thiazole rings is 1. The van der Waals surface area contributed by atoms with E-state index < -0.39 is 0 Å². The first-order valence-corrected chi connectivity index (χ1v) is 7.66. The Bertz CT molecular complexity index is 752. The Kier molecular flexibility index (Phi) is 3.31. The number of hydrogen-bond acceptors (Lipinski definition) is 3. The van der Waals surface area contributed by atoms with Gasteiger partial charge in [0.25, 0.3) is 0 Å². The SMILES string of the molecule is CC(C)(c1nccs1)n1c(-c2ccccc2)c[nH]c1=S. The van der Waals surface area contributed by atoms with Gasteiger partial charge < -0.3 is 9.55 Å². The maximum atomic E-state index is 5.48. The molecule has 0 unspecified atom stereocenters. The molecule has 2 heterocycles. The van der Waals surface area contributed by atoms with Gasteiger partial charge in [0.1, 0.15) is 5.01 Å². The van der Waals surface area contributed by atoms with Gasteiger partial charge in [-0.3, -0.25) is 0 Å². The Labute approximate surface area is 126 Å². The molecule has 0 fully saturated rings. The maximum absolute atomic E-state index is 5.48. The van der Waals surface area contributed by atoms with E-state index in [1.165, 1.54) is 0 Å². The van der Waals surface area contributed by atoms with Crippen LogP contribution in [-0.4, -0.2) is 14.5 Å². The highest BCUT2D eigenvalue weighted by atomic mass is 32.1. The van der Waals surface area contributed by atoms with Crippen LogP contribution in [0.4, 0.5) is 0 Å². The minimum Gasteiger partial charge on any atom is -0.337 e. The van der Waals surface area contributed by atoms with Crippen LogP contribution in [-0.2, 0) is 5.54 Å². The summed E-state index contributed by atoms with van der Waals surface area (Å²) >= 11 is 7.13. The molecule has 0 saturated heterocycles. The molecule has 0 aliphatic heterocycles. The Hall–Kier alpha value is -1.72. The molecular weight excluding hydrogens is 286 g/mol. The van der Waals surface area contributed by atoms with Crippen molar-refractivity contribution in [1.29, 1.82) is 0 Å². The van der Waals surface area contributed by atoms with Crippen LogP contribution in [0.25, 0.3) is 11.3 Å². The van der Waals surface area contributed by atoms with E-state index in [-0.39, 0.29) is 5.54 Å². The van der Waals surface area contributed by atoms with Crippen molar-refractivity contribution in [3.8, 4) is 11.3 Å². The first-order valence-electron chi connectivity index (χ1n) is 6.37. The molecule has 1 N–H and O–H groups in total. The van der Waals surface area contributed by atoms with Crippen LogP contribution >= 0.6 is 23.6 Å². The highest BCUT2D eigenvalue weighted by molar-refractivity contribution is 7.71. The van der Waals surface area contributed by atoms with Crippen LogP contribution in [0.3, 0.4) is 0 Å². The zero-order chi connectivity index (χ0) is 14.2. The quantitative estimate of drug-likeness (QED) is 0.725. The molecular formula is C15H15N3S2. The number of hydrogen-bond donors (Lipinski definition) is 1. The predicted octanol–water partition coefficient (Wildman–Crippen LogP) is 4.45. The van der Waals surface area contributed by atoms with Gasteiger partial charge >= 0.3 is 0 Å². The summed E-state index contributed by atoms with van der Waals surface area (Å²) in [4.78, 5) is 7.62. The second-order valence-electron chi connectivity index (χ2n) is 5.08. The molecule has 102 valence electrons. The average molecular weight is 301 g/mol. The van der Waals surface area contributed by atoms with Gasteiger partial charge in [-0.05, 0) is 31.6 Å². The van der Waals surface area contributed by atoms with E-state index >= 15 is 0 Å². The lowest BCUT2D eigenvalue weighted by atomic mass is 10.0. The van der Waals surface area contributed by atoms with Crippen molar-refractivity contribution in [3.05, 3.63) is 57.9 Å². The van der Waals surface area contributed by atoms with Gasteiger partial charge in [0.05, 0.1) is 11.2 Å². The molecule has 0 saturated carbocycles. The molecule has 0 radical (unpaired) electrons. The predicted molar refractivity (Wildman–Crippen MR) is 85.6 cm³/mol. The van der Waals surface area contributed by atoms with Crippen LogP contribution in [0.2, 0.25) is 0 Å². The molecule has 0 aliphatic rings. The van der Waals surface area contributed by atoms with E-state index in [0.29, 0.717) is 4.77 Å². The van der Waals surface area contributed by atoms with Crippen LogP contribution < -0.4 is 0 Å². The zero-order valence-electron chi connectivity index (χ0n) is 11.3. The second-order valence-corrected chi connectivity index (χ2v) is 6.36. The number of aromatic amines is 1. The van der Waals surface area contributed by atoms with E-state index in [1.54, 1.807) is 11.3 Å². The van der Waals surface area contributed by atoms with Crippen molar-refractivity contribution >= 4 is 23.6 Å². The van der Waals surface area contributed by atoms with Crippen LogP contribution in [0.5, 0.6) is 0 Å². The number of rotatable bonds is 3. The summed E-state index contributed by atoms with van der Waals surface area (Å²) in [5.74, 6) is 0. The third-order valence-corrected chi connectivity index (χ3v) is 4.75. The van der Waals surface area contributed by atoms with E-state index in [2.05, 4.69) is 40.5 Å². The Morgan fingerprint density at radius 2 is 2.00 bits per heavy atom. The molecule has 0 spiro atoms. The van der Waals surface area contributed by atoms with Crippen LogP contribution in [0, 0.1) is 4.77 Å². The zero-order valence-corrected chi connectivity index (χ0v) is 13.0. The maximum Gasteiger partial charge on any atom is 0.178 e. The van der Waals surface area contributed by atoms with Crippen molar-refractivity contribution in [1.82, 2.24) is 14.5 Å². The summed E-state index contributed by atoms with van der Waals surface area (Å²) in [5.41, 5.74) is 1.94. The normalized spacial score (nSPS) is 11.7. The van der Waals surface area contributed by atoms with Gasteiger partial charge in [-0.1, -0.05) is 30.3 Å². The molecule has 3 aromatic rings. The molecule has 0 aliphatic carbocycles. The lowest BCUT2D eigenvalue weighted by molar-refractivity contribution is 0.433. The van der Waals surface area contributed by atoms with Gasteiger partial charge in [0, 0.05) is 17.8 Å². The van der Waals surface area contributed by atoms with Crippen LogP contribution in [0.15, 0.2) is 48.1 Å². The summed E-state index contributed by atoms with van der Waals surface area (Å²) < 4.78 is 2.85. The summed E-state index contributed by atoms with van der Waals surface area (Å²) in [6.45, 7) is 4.28. The van der Waals surface area contributed by atoms with Crippen molar-refractivity contribution in [2.24, 2.45) is 0 Å². The number of nitrogens with zero attached hydrogens (tertiary/aromatic N) is 2. The third kappa shape index (κ3) is 2.13. The summed E-state index contributed by atoms with van der Waals surface area (Å²) in [5, 5.41) is 3.04. The van der Waals surface area contributed by atoms with E-state index in [1.807, 2.05) is 36.0 Å². The minimum absolute atomic E-state index is 0.281. The Morgan fingerprint density at radius 1 is 1.25 bits per heavy atom. The molecule has 2 aromatic heterocycles. The number of imidazole rings is 1. The third-order valence-electron chi connectivity index (χ3n) is 3.36. The Balaban J connectivity index is 2.21. The van der Waals surface area contributed by atoms with Gasteiger partial charge in [-0.2, -0.15) is 0 Å². The fraction of sp³-hybridized carbons (Fsp3) is 0.200. The lowest BCUT2D eigenvalue weighted by Crippen LogP contribution is -2.28. The molecule has 20 heavy (non-hydrogen) atoms. The lowest BCUT2D eigenvalue weighted by Gasteiger charge is -2.26. The molecule has 3 rings (SSSR count). The average Bonchev–Trinajstić information content (AvgIpc) is 3.09. The van der Waals surface area contributed by atoms with E-state index in [4.69, 9.17) is 12.2 Å². The molecule has 1 aromatic carbocycles. The molecule has 5 heteroatoms. The van der Waals surface area contributed by atoms with Gasteiger partial charge in [0.2, 0.25) is 0 Å². The fourth-order valence-corrected chi connectivity index (χ4v) is 3.50. The van der Waals surface area contributed by atoms with Crippen molar-refractivity contribution in [2.45, 2.75) is 19.4 Å². The van der Waals surface area contributed by atoms with Gasteiger partial charge in [-0.25, -0.2) is 4.98 Å². The summed E-state index contributed by atoms with van der Waals surface area (Å²) in [6.07, 6.45) is 3.80. The smallest absolute Gasteiger partial charge is 0.178 e. The standard InChI is InChI=1S/C15H15N3S2/c1-15(2,13-16-8-9-20-13)18-12(10-17-14(18)19)11-6-4-3-5-7-11/h3-10H,1-2H3,(H,17,19). The second kappa shape index (κ2) is 5.00. The summed E-state index contributed by atoms with van der Waals surface area (Å²) in [7, 11) is 0. The van der Waals surface area contributed by atoms with Crippen molar-refractivity contribution in [2.75, 3.05) is 0 Å². The Morgan fingerprint density at radius 3 is 2.65 bits per heavy atom. The highest BCUT2D eigenvalue weighted by Gasteiger charge is 2.28. The topological polar surface area (TPSA) is 33.6 Å². The number of aromatic nitrogens is 3. The van der Waals surface area contributed by atoms with Gasteiger partial charge in [0.15, 0.2) is 4.77 Å². The molecule has 0 amide bonds. The number of nitrogens with one attached hydrogen (secondary N) is 1. The van der Waals surface area contributed by atoms with Gasteiger partial charge in [-0.15, -0.1) is 11.3 Å². The molecule has 0 bridgehead atoms. The molecule has 0 atom stereocenters. The first kappa shape index (κ1) is 13.3. The first-order chi connectivity index (χ1) is 9.60. The van der Waals surface area contributed by atoms with Crippen molar-refractivity contribution < 1.29 is 0 Å². The highest BCUT2D eigenvalue weighted by Crippen LogP contribution is 2.32. The largest absolute Gasteiger partial charge is 0.337 e. The monoisotopic (exact) mass is 301 g/mol.